The fourth-order valence-corrected chi connectivity index (χ4v) is 2.65. The van der Waals surface area contributed by atoms with Gasteiger partial charge in [-0.1, -0.05) is 37.3 Å². The van der Waals surface area contributed by atoms with Gasteiger partial charge in [-0.25, -0.2) is 0 Å². The second-order valence-corrected chi connectivity index (χ2v) is 5.35. The molecule has 104 valence electrons. The summed E-state index contributed by atoms with van der Waals surface area (Å²) in [5.74, 6) is 0.0668. The number of esters is 1. The van der Waals surface area contributed by atoms with Crippen molar-refractivity contribution in [3.05, 3.63) is 35.9 Å². The van der Waals surface area contributed by atoms with E-state index in [0.717, 1.165) is 18.7 Å². The number of likely N-dealkylation sites (tertiary alicyclic amines) is 1. The van der Waals surface area contributed by atoms with Crippen LogP contribution in [0.4, 0.5) is 0 Å². The SMILES string of the molecule is COC(=O)C(CN1CC(C)C(N)C1)c1ccccc1. The molecule has 0 saturated carbocycles. The molecule has 1 aromatic carbocycles. The van der Waals surface area contributed by atoms with Crippen molar-refractivity contribution in [3.63, 3.8) is 0 Å². The highest BCUT2D eigenvalue weighted by atomic mass is 16.5. The molecule has 1 aromatic rings. The lowest BCUT2D eigenvalue weighted by Crippen LogP contribution is -2.33. The van der Waals surface area contributed by atoms with Gasteiger partial charge in [-0.15, -0.1) is 0 Å². The largest absolute Gasteiger partial charge is 0.469 e. The first-order valence-electron chi connectivity index (χ1n) is 6.72. The quantitative estimate of drug-likeness (QED) is 0.829. The van der Waals surface area contributed by atoms with Crippen molar-refractivity contribution in [2.45, 2.75) is 18.9 Å². The van der Waals surface area contributed by atoms with Gasteiger partial charge in [0, 0.05) is 25.7 Å². The summed E-state index contributed by atoms with van der Waals surface area (Å²) >= 11 is 0. The Hall–Kier alpha value is -1.39. The maximum atomic E-state index is 12.0. The van der Waals surface area contributed by atoms with E-state index < -0.39 is 0 Å². The molecule has 4 heteroatoms. The van der Waals surface area contributed by atoms with E-state index in [1.54, 1.807) is 0 Å². The van der Waals surface area contributed by atoms with Crippen LogP contribution in [-0.4, -0.2) is 43.7 Å². The van der Waals surface area contributed by atoms with Gasteiger partial charge in [0.05, 0.1) is 13.0 Å². The molecule has 1 saturated heterocycles. The maximum absolute atomic E-state index is 12.0. The van der Waals surface area contributed by atoms with E-state index >= 15 is 0 Å². The zero-order chi connectivity index (χ0) is 13.8. The molecule has 2 rings (SSSR count). The van der Waals surface area contributed by atoms with Gasteiger partial charge in [-0.3, -0.25) is 4.79 Å². The molecule has 2 N–H and O–H groups in total. The molecule has 0 bridgehead atoms. The minimum Gasteiger partial charge on any atom is -0.469 e. The number of methoxy groups -OCH3 is 1. The molecular formula is C15H22N2O2. The maximum Gasteiger partial charge on any atom is 0.314 e. The van der Waals surface area contributed by atoms with Crippen molar-refractivity contribution in [1.82, 2.24) is 4.90 Å². The van der Waals surface area contributed by atoms with Gasteiger partial charge in [0.15, 0.2) is 0 Å². The highest BCUT2D eigenvalue weighted by Crippen LogP contribution is 2.22. The van der Waals surface area contributed by atoms with Gasteiger partial charge in [-0.05, 0) is 11.5 Å². The molecule has 1 aliphatic heterocycles. The molecule has 0 radical (unpaired) electrons. The molecule has 0 amide bonds. The van der Waals surface area contributed by atoms with Crippen LogP contribution in [0.15, 0.2) is 30.3 Å². The summed E-state index contributed by atoms with van der Waals surface area (Å²) in [5.41, 5.74) is 7.04. The number of nitrogens with two attached hydrogens (primary N) is 1. The Kier molecular flexibility index (Phi) is 4.56. The van der Waals surface area contributed by atoms with Crippen LogP contribution >= 0.6 is 0 Å². The van der Waals surface area contributed by atoms with Crippen molar-refractivity contribution in [2.75, 3.05) is 26.7 Å². The molecule has 3 unspecified atom stereocenters. The molecule has 1 aliphatic rings. The Morgan fingerprint density at radius 1 is 1.42 bits per heavy atom. The Bertz CT molecular complexity index is 411. The molecule has 1 fully saturated rings. The van der Waals surface area contributed by atoms with Crippen LogP contribution in [0.1, 0.15) is 18.4 Å². The summed E-state index contributed by atoms with van der Waals surface area (Å²) in [4.78, 5) is 14.2. The van der Waals surface area contributed by atoms with Crippen molar-refractivity contribution in [1.29, 1.82) is 0 Å². The lowest BCUT2D eigenvalue weighted by molar-refractivity contribution is -0.142. The van der Waals surface area contributed by atoms with Crippen LogP contribution in [0.2, 0.25) is 0 Å². The van der Waals surface area contributed by atoms with Crippen LogP contribution in [0.5, 0.6) is 0 Å². The third kappa shape index (κ3) is 3.33. The number of rotatable bonds is 4. The summed E-state index contributed by atoms with van der Waals surface area (Å²) in [6.45, 7) is 4.62. The average Bonchev–Trinajstić information content (AvgIpc) is 2.75. The first-order valence-corrected chi connectivity index (χ1v) is 6.72. The Morgan fingerprint density at radius 2 is 2.11 bits per heavy atom. The minimum atomic E-state index is -0.233. The first kappa shape index (κ1) is 14.0. The predicted molar refractivity (Wildman–Crippen MR) is 74.8 cm³/mol. The standard InChI is InChI=1S/C15H22N2O2/c1-11-8-17(10-14(11)16)9-13(15(18)19-2)12-6-4-3-5-7-12/h3-7,11,13-14H,8-10,16H2,1-2H3. The van der Waals surface area contributed by atoms with Crippen LogP contribution in [0.3, 0.4) is 0 Å². The van der Waals surface area contributed by atoms with Crippen molar-refractivity contribution >= 4 is 5.97 Å². The van der Waals surface area contributed by atoms with Crippen molar-refractivity contribution < 1.29 is 9.53 Å². The van der Waals surface area contributed by atoms with E-state index in [1.165, 1.54) is 7.11 Å². The third-order valence-electron chi connectivity index (χ3n) is 3.87. The molecule has 0 aromatic heterocycles. The van der Waals surface area contributed by atoms with Gasteiger partial charge >= 0.3 is 5.97 Å². The fraction of sp³-hybridized carbons (Fsp3) is 0.533. The average molecular weight is 262 g/mol. The molecule has 3 atom stereocenters. The van der Waals surface area contributed by atoms with E-state index in [4.69, 9.17) is 10.5 Å². The molecular weight excluding hydrogens is 240 g/mol. The summed E-state index contributed by atoms with van der Waals surface area (Å²) in [5, 5.41) is 0. The summed E-state index contributed by atoms with van der Waals surface area (Å²) in [6.07, 6.45) is 0. The second kappa shape index (κ2) is 6.17. The second-order valence-electron chi connectivity index (χ2n) is 5.35. The van der Waals surface area contributed by atoms with Crippen LogP contribution in [-0.2, 0) is 9.53 Å². The summed E-state index contributed by atoms with van der Waals surface area (Å²) in [6, 6.07) is 10.00. The van der Waals surface area contributed by atoms with E-state index in [1.807, 2.05) is 30.3 Å². The summed E-state index contributed by atoms with van der Waals surface area (Å²) < 4.78 is 4.93. The van der Waals surface area contributed by atoms with Crippen LogP contribution in [0, 0.1) is 5.92 Å². The molecule has 0 aliphatic carbocycles. The zero-order valence-corrected chi connectivity index (χ0v) is 11.6. The smallest absolute Gasteiger partial charge is 0.314 e. The number of benzene rings is 1. The normalized spacial score (nSPS) is 25.2. The molecule has 0 spiro atoms. The lowest BCUT2D eigenvalue weighted by atomic mass is 9.99. The topological polar surface area (TPSA) is 55.6 Å². The van der Waals surface area contributed by atoms with Crippen LogP contribution in [0.25, 0.3) is 0 Å². The van der Waals surface area contributed by atoms with Gasteiger partial charge in [0.2, 0.25) is 0 Å². The lowest BCUT2D eigenvalue weighted by Gasteiger charge is -2.22. The number of ether oxygens (including phenoxy) is 1. The van der Waals surface area contributed by atoms with E-state index in [9.17, 15) is 4.79 Å². The Labute approximate surface area is 114 Å². The third-order valence-corrected chi connectivity index (χ3v) is 3.87. The van der Waals surface area contributed by atoms with Crippen molar-refractivity contribution in [2.24, 2.45) is 11.7 Å². The van der Waals surface area contributed by atoms with Crippen molar-refractivity contribution in [3.8, 4) is 0 Å². The predicted octanol–water partition coefficient (Wildman–Crippen LogP) is 1.22. The van der Waals surface area contributed by atoms with Gasteiger partial charge in [-0.2, -0.15) is 0 Å². The van der Waals surface area contributed by atoms with E-state index in [2.05, 4.69) is 11.8 Å². The Balaban J connectivity index is 2.09. The Morgan fingerprint density at radius 3 is 2.63 bits per heavy atom. The van der Waals surface area contributed by atoms with Gasteiger partial charge < -0.3 is 15.4 Å². The highest BCUT2D eigenvalue weighted by Gasteiger charge is 2.31. The number of nitrogens with zero attached hydrogens (tertiary/aromatic N) is 1. The van der Waals surface area contributed by atoms with E-state index in [-0.39, 0.29) is 17.9 Å². The molecule has 4 nitrogen and oxygen atoms in total. The van der Waals surface area contributed by atoms with Gasteiger partial charge in [0.1, 0.15) is 0 Å². The molecule has 19 heavy (non-hydrogen) atoms. The molecule has 1 heterocycles. The minimum absolute atomic E-state index is 0.181. The van der Waals surface area contributed by atoms with E-state index in [0.29, 0.717) is 12.5 Å². The first-order chi connectivity index (χ1) is 9.11. The highest BCUT2D eigenvalue weighted by molar-refractivity contribution is 5.78. The van der Waals surface area contributed by atoms with Gasteiger partial charge in [0.25, 0.3) is 0 Å². The number of carbonyl (C=O) groups is 1. The summed E-state index contributed by atoms with van der Waals surface area (Å²) in [7, 11) is 1.44. The van der Waals surface area contributed by atoms with Crippen LogP contribution < -0.4 is 5.73 Å². The number of hydrogen-bond acceptors (Lipinski definition) is 4. The monoisotopic (exact) mass is 262 g/mol. The fourth-order valence-electron chi connectivity index (χ4n) is 2.65. The zero-order valence-electron chi connectivity index (χ0n) is 11.6. The number of hydrogen-bond donors (Lipinski definition) is 1. The number of carbonyl (C=O) groups excluding carboxylic acids is 1.